The van der Waals surface area contributed by atoms with Crippen LogP contribution in [0.4, 0.5) is 18.9 Å². The maximum Gasteiger partial charge on any atom is 0.416 e. The summed E-state index contributed by atoms with van der Waals surface area (Å²) < 4.78 is 47.4. The van der Waals surface area contributed by atoms with E-state index >= 15 is 0 Å². The minimum Gasteiger partial charge on any atom is -0.457 e. The molecule has 126 valence electrons. The lowest BCUT2D eigenvalue weighted by molar-refractivity contribution is -0.155. The van der Waals surface area contributed by atoms with E-state index in [1.807, 2.05) is 0 Å². The van der Waals surface area contributed by atoms with Crippen molar-refractivity contribution in [3.05, 3.63) is 53.6 Å². The van der Waals surface area contributed by atoms with Crippen molar-refractivity contribution in [1.82, 2.24) is 0 Å². The molecule has 2 heterocycles. The second-order valence-electron chi connectivity index (χ2n) is 6.13. The van der Waals surface area contributed by atoms with Crippen LogP contribution in [0.5, 0.6) is 11.5 Å². The van der Waals surface area contributed by atoms with Crippen LogP contribution >= 0.6 is 11.6 Å². The normalized spacial score (nSPS) is 22.8. The number of fused-ring (bicyclic) bond motifs is 2. The molecule has 0 aliphatic carbocycles. The standard InChI is InChI=1S/C18H15ClF3NO/c19-17(18(20,21)22)13-5-1-2-6-15(13)24-16-11-12(7-8-14(16)17)23-9-3-4-10-23/h1-2,5-8,11H,3-4,9-10H2. The van der Waals surface area contributed by atoms with Gasteiger partial charge < -0.3 is 9.64 Å². The SMILES string of the molecule is FC(F)(F)C1(Cl)c2ccccc2Oc2cc(N3CCCC3)ccc21. The van der Waals surface area contributed by atoms with E-state index in [2.05, 4.69) is 4.90 Å². The van der Waals surface area contributed by atoms with Gasteiger partial charge in [-0.15, -0.1) is 0 Å². The summed E-state index contributed by atoms with van der Waals surface area (Å²) in [5, 5.41) is 0. The molecular weight excluding hydrogens is 339 g/mol. The fraction of sp³-hybridized carbons (Fsp3) is 0.333. The van der Waals surface area contributed by atoms with Crippen LogP contribution in [0.2, 0.25) is 0 Å². The first-order chi connectivity index (χ1) is 11.4. The summed E-state index contributed by atoms with van der Waals surface area (Å²) >= 11 is 6.21. The van der Waals surface area contributed by atoms with Gasteiger partial charge in [-0.1, -0.05) is 35.9 Å². The Balaban J connectivity index is 1.88. The number of rotatable bonds is 1. The average molecular weight is 354 g/mol. The van der Waals surface area contributed by atoms with Crippen molar-refractivity contribution < 1.29 is 17.9 Å². The Morgan fingerprint density at radius 1 is 0.958 bits per heavy atom. The zero-order chi connectivity index (χ0) is 16.9. The molecule has 4 rings (SSSR count). The second kappa shape index (κ2) is 5.31. The predicted octanol–water partition coefficient (Wildman–Crippen LogP) is 5.44. The summed E-state index contributed by atoms with van der Waals surface area (Å²) in [6.07, 6.45) is -2.47. The van der Waals surface area contributed by atoms with E-state index in [4.69, 9.17) is 16.3 Å². The fourth-order valence-electron chi connectivity index (χ4n) is 3.46. The highest BCUT2D eigenvalue weighted by Crippen LogP contribution is 2.58. The number of nitrogens with zero attached hydrogens (tertiary/aromatic N) is 1. The number of anilines is 1. The van der Waals surface area contributed by atoms with E-state index in [9.17, 15) is 13.2 Å². The maximum atomic E-state index is 13.9. The summed E-state index contributed by atoms with van der Waals surface area (Å²) in [6, 6.07) is 10.9. The molecule has 2 nitrogen and oxygen atoms in total. The molecule has 0 bridgehead atoms. The van der Waals surface area contributed by atoms with Crippen LogP contribution in [-0.2, 0) is 4.87 Å². The molecule has 24 heavy (non-hydrogen) atoms. The molecule has 6 heteroatoms. The van der Waals surface area contributed by atoms with Gasteiger partial charge in [0.05, 0.1) is 0 Å². The van der Waals surface area contributed by atoms with Crippen LogP contribution in [0.25, 0.3) is 0 Å². The highest BCUT2D eigenvalue weighted by Gasteiger charge is 2.60. The number of halogens is 4. The Kier molecular flexibility index (Phi) is 3.46. The Morgan fingerprint density at radius 3 is 2.33 bits per heavy atom. The van der Waals surface area contributed by atoms with E-state index in [1.54, 1.807) is 18.2 Å². The number of alkyl halides is 4. The highest BCUT2D eigenvalue weighted by atomic mass is 35.5. The summed E-state index contributed by atoms with van der Waals surface area (Å²) in [5.41, 5.74) is 0.741. The molecule has 1 fully saturated rings. The summed E-state index contributed by atoms with van der Waals surface area (Å²) in [7, 11) is 0. The molecule has 0 spiro atoms. The molecule has 1 saturated heterocycles. The smallest absolute Gasteiger partial charge is 0.416 e. The lowest BCUT2D eigenvalue weighted by Crippen LogP contribution is -2.40. The molecule has 1 unspecified atom stereocenters. The van der Waals surface area contributed by atoms with Crippen LogP contribution in [0.1, 0.15) is 24.0 Å². The molecule has 0 amide bonds. The van der Waals surface area contributed by atoms with Gasteiger partial charge in [0.25, 0.3) is 0 Å². The van der Waals surface area contributed by atoms with Gasteiger partial charge in [-0.3, -0.25) is 0 Å². The molecule has 2 aromatic carbocycles. The first-order valence-electron chi connectivity index (χ1n) is 7.84. The van der Waals surface area contributed by atoms with E-state index in [1.165, 1.54) is 24.3 Å². The molecule has 0 saturated carbocycles. The van der Waals surface area contributed by atoms with Gasteiger partial charge in [-0.05, 0) is 25.0 Å². The Bertz CT molecular complexity index is 786. The Hall–Kier alpha value is -1.88. The number of benzene rings is 2. The third-order valence-electron chi connectivity index (χ3n) is 4.68. The zero-order valence-corrected chi connectivity index (χ0v) is 13.5. The first kappa shape index (κ1) is 15.6. The van der Waals surface area contributed by atoms with Crippen molar-refractivity contribution in [1.29, 1.82) is 0 Å². The summed E-state index contributed by atoms with van der Waals surface area (Å²) in [4.78, 5) is -0.450. The van der Waals surface area contributed by atoms with Gasteiger partial charge in [0, 0.05) is 36.0 Å². The molecule has 2 aliphatic rings. The van der Waals surface area contributed by atoms with Gasteiger partial charge >= 0.3 is 6.18 Å². The number of ether oxygens (including phenoxy) is 1. The third-order valence-corrected chi connectivity index (χ3v) is 5.30. The minimum atomic E-state index is -4.64. The molecule has 0 N–H and O–H groups in total. The van der Waals surface area contributed by atoms with Crippen molar-refractivity contribution in [2.24, 2.45) is 0 Å². The van der Waals surface area contributed by atoms with Crippen molar-refractivity contribution in [2.45, 2.75) is 23.9 Å². The van der Waals surface area contributed by atoms with E-state index in [-0.39, 0.29) is 22.6 Å². The number of hydrogen-bond donors (Lipinski definition) is 0. The van der Waals surface area contributed by atoms with Gasteiger partial charge in [0.1, 0.15) is 11.5 Å². The van der Waals surface area contributed by atoms with Crippen molar-refractivity contribution in [3.63, 3.8) is 0 Å². The lowest BCUT2D eigenvalue weighted by Gasteiger charge is -2.37. The molecule has 2 aromatic rings. The van der Waals surface area contributed by atoms with Gasteiger partial charge in [0.2, 0.25) is 0 Å². The van der Waals surface area contributed by atoms with Crippen LogP contribution in [0, 0.1) is 0 Å². The van der Waals surface area contributed by atoms with Crippen LogP contribution in [0.15, 0.2) is 42.5 Å². The molecule has 2 aliphatic heterocycles. The fourth-order valence-corrected chi connectivity index (χ4v) is 3.77. The molecular formula is C18H15ClF3NO. The summed E-state index contributed by atoms with van der Waals surface area (Å²) in [5.74, 6) is 0.321. The number of para-hydroxylation sites is 1. The highest BCUT2D eigenvalue weighted by molar-refractivity contribution is 6.27. The zero-order valence-electron chi connectivity index (χ0n) is 12.7. The predicted molar refractivity (Wildman–Crippen MR) is 87.1 cm³/mol. The van der Waals surface area contributed by atoms with E-state index in [0.29, 0.717) is 0 Å². The average Bonchev–Trinajstić information content (AvgIpc) is 3.08. The molecule has 0 radical (unpaired) electrons. The maximum absolute atomic E-state index is 13.9. The number of hydrogen-bond acceptors (Lipinski definition) is 2. The van der Waals surface area contributed by atoms with Crippen molar-refractivity contribution >= 4 is 17.3 Å². The lowest BCUT2D eigenvalue weighted by atomic mass is 9.86. The van der Waals surface area contributed by atoms with Crippen molar-refractivity contribution in [2.75, 3.05) is 18.0 Å². The van der Waals surface area contributed by atoms with E-state index < -0.39 is 11.1 Å². The van der Waals surface area contributed by atoms with Crippen LogP contribution in [-0.4, -0.2) is 19.3 Å². The molecule has 0 aromatic heterocycles. The van der Waals surface area contributed by atoms with Crippen molar-refractivity contribution in [3.8, 4) is 11.5 Å². The van der Waals surface area contributed by atoms with Crippen LogP contribution < -0.4 is 9.64 Å². The Labute approximate surface area is 142 Å². The Morgan fingerprint density at radius 2 is 1.62 bits per heavy atom. The third kappa shape index (κ3) is 2.18. The van der Waals surface area contributed by atoms with Gasteiger partial charge in [-0.25, -0.2) is 0 Å². The topological polar surface area (TPSA) is 12.5 Å². The largest absolute Gasteiger partial charge is 0.457 e. The van der Waals surface area contributed by atoms with Gasteiger partial charge in [0.15, 0.2) is 4.87 Å². The minimum absolute atomic E-state index is 0.0571. The summed E-state index contributed by atoms with van der Waals surface area (Å²) in [6.45, 7) is 1.81. The monoisotopic (exact) mass is 353 g/mol. The van der Waals surface area contributed by atoms with E-state index in [0.717, 1.165) is 31.6 Å². The van der Waals surface area contributed by atoms with Crippen LogP contribution in [0.3, 0.4) is 0 Å². The first-order valence-corrected chi connectivity index (χ1v) is 8.21. The quantitative estimate of drug-likeness (QED) is 0.633. The molecule has 1 atom stereocenters. The second-order valence-corrected chi connectivity index (χ2v) is 6.70. The van der Waals surface area contributed by atoms with Gasteiger partial charge in [-0.2, -0.15) is 13.2 Å².